The second-order valence-electron chi connectivity index (χ2n) is 8.26. The second kappa shape index (κ2) is 6.51. The van der Waals surface area contributed by atoms with Gasteiger partial charge in [0.25, 0.3) is 5.95 Å². The molecule has 1 N–H and O–H groups in total. The molecule has 29 heavy (non-hydrogen) atoms. The molecule has 5 rings (SSSR count). The summed E-state index contributed by atoms with van der Waals surface area (Å²) in [4.78, 5) is 21.7. The van der Waals surface area contributed by atoms with Gasteiger partial charge < -0.3 is 5.32 Å². The number of ketones is 1. The molecule has 2 heterocycles. The molecule has 1 aliphatic carbocycles. The standard InChI is InChI=1S/C23H21N5O/c1-23(2)13-18-20(19(29)14-23)21(27-28(18)22-24-10-5-11-25-22)26-17-9-8-15-6-3-4-7-16(15)12-17/h3-12H,13-14H2,1-2H3,(H,26,27). The maximum absolute atomic E-state index is 13.0. The van der Waals surface area contributed by atoms with Crippen LogP contribution in [0.25, 0.3) is 16.7 Å². The predicted octanol–water partition coefficient (Wildman–Crippen LogP) is 4.71. The van der Waals surface area contributed by atoms with E-state index in [1.165, 1.54) is 5.39 Å². The number of Topliss-reactive ketones (excluding diaryl/α,β-unsaturated/α-hetero) is 1. The Morgan fingerprint density at radius 1 is 0.966 bits per heavy atom. The van der Waals surface area contributed by atoms with Gasteiger partial charge in [-0.1, -0.05) is 44.2 Å². The first-order valence-corrected chi connectivity index (χ1v) is 9.68. The summed E-state index contributed by atoms with van der Waals surface area (Å²) in [6, 6.07) is 16.1. The minimum atomic E-state index is -0.128. The highest BCUT2D eigenvalue weighted by molar-refractivity contribution is 6.04. The number of carbonyl (C=O) groups is 1. The highest BCUT2D eigenvalue weighted by Crippen LogP contribution is 2.39. The van der Waals surface area contributed by atoms with E-state index < -0.39 is 0 Å². The van der Waals surface area contributed by atoms with Gasteiger partial charge in [-0.25, -0.2) is 14.6 Å². The molecule has 0 amide bonds. The van der Waals surface area contributed by atoms with Gasteiger partial charge in [-0.15, -0.1) is 5.10 Å². The average molecular weight is 383 g/mol. The number of rotatable bonds is 3. The summed E-state index contributed by atoms with van der Waals surface area (Å²) >= 11 is 0. The molecule has 0 radical (unpaired) electrons. The minimum absolute atomic E-state index is 0.0988. The molecule has 0 bridgehead atoms. The van der Waals surface area contributed by atoms with E-state index in [4.69, 9.17) is 5.10 Å². The summed E-state index contributed by atoms with van der Waals surface area (Å²) in [5.41, 5.74) is 2.27. The van der Waals surface area contributed by atoms with Gasteiger partial charge in [0.1, 0.15) is 0 Å². The van der Waals surface area contributed by atoms with Crippen LogP contribution in [0.2, 0.25) is 0 Å². The zero-order chi connectivity index (χ0) is 20.0. The van der Waals surface area contributed by atoms with Crippen LogP contribution in [0, 0.1) is 5.41 Å². The summed E-state index contributed by atoms with van der Waals surface area (Å²) in [6.45, 7) is 4.21. The van der Waals surface area contributed by atoms with Gasteiger partial charge in [0.15, 0.2) is 11.6 Å². The van der Waals surface area contributed by atoms with Crippen LogP contribution in [0.5, 0.6) is 0 Å². The van der Waals surface area contributed by atoms with Crippen LogP contribution >= 0.6 is 0 Å². The Balaban J connectivity index is 1.63. The van der Waals surface area contributed by atoms with Gasteiger partial charge in [-0.3, -0.25) is 4.79 Å². The van der Waals surface area contributed by atoms with Gasteiger partial charge in [0.05, 0.1) is 11.3 Å². The smallest absolute Gasteiger partial charge is 0.250 e. The maximum atomic E-state index is 13.0. The molecule has 0 saturated heterocycles. The lowest BCUT2D eigenvalue weighted by atomic mass is 9.76. The van der Waals surface area contributed by atoms with Crippen molar-refractivity contribution >= 4 is 28.1 Å². The Hall–Kier alpha value is -3.54. The number of benzene rings is 2. The van der Waals surface area contributed by atoms with Crippen molar-refractivity contribution in [2.24, 2.45) is 5.41 Å². The molecule has 6 heteroatoms. The summed E-state index contributed by atoms with van der Waals surface area (Å²) in [5, 5.41) is 10.4. The third-order valence-corrected chi connectivity index (χ3v) is 5.30. The van der Waals surface area contributed by atoms with Crippen molar-refractivity contribution in [3.63, 3.8) is 0 Å². The van der Waals surface area contributed by atoms with Crippen molar-refractivity contribution < 1.29 is 4.79 Å². The number of nitrogens with one attached hydrogen (secondary N) is 1. The zero-order valence-electron chi connectivity index (χ0n) is 16.4. The number of hydrogen-bond donors (Lipinski definition) is 1. The number of nitrogens with zero attached hydrogens (tertiary/aromatic N) is 4. The third kappa shape index (κ3) is 3.16. The SMILES string of the molecule is CC1(C)CC(=O)c2c(Nc3ccc4ccccc4c3)nn(-c3ncccn3)c2C1. The fourth-order valence-electron chi connectivity index (χ4n) is 4.01. The van der Waals surface area contributed by atoms with Crippen LogP contribution in [0.15, 0.2) is 60.9 Å². The molecule has 0 aliphatic heterocycles. The van der Waals surface area contributed by atoms with Crippen molar-refractivity contribution in [2.45, 2.75) is 26.7 Å². The van der Waals surface area contributed by atoms with Crippen LogP contribution in [0.1, 0.15) is 36.3 Å². The lowest BCUT2D eigenvalue weighted by Gasteiger charge is -2.28. The molecular formula is C23H21N5O. The van der Waals surface area contributed by atoms with Gasteiger partial charge in [0.2, 0.25) is 0 Å². The fraction of sp³-hybridized carbons (Fsp3) is 0.217. The average Bonchev–Trinajstić information content (AvgIpc) is 3.05. The van der Waals surface area contributed by atoms with Crippen molar-refractivity contribution in [1.82, 2.24) is 19.7 Å². The zero-order valence-corrected chi connectivity index (χ0v) is 16.4. The molecule has 0 atom stereocenters. The quantitative estimate of drug-likeness (QED) is 0.554. The number of fused-ring (bicyclic) bond motifs is 2. The van der Waals surface area contributed by atoms with Crippen LogP contribution in [-0.2, 0) is 6.42 Å². The normalized spacial score (nSPS) is 15.3. The van der Waals surface area contributed by atoms with Crippen LogP contribution < -0.4 is 5.32 Å². The van der Waals surface area contributed by atoms with Crippen molar-refractivity contribution in [3.8, 4) is 5.95 Å². The first-order valence-electron chi connectivity index (χ1n) is 9.68. The molecular weight excluding hydrogens is 362 g/mol. The van der Waals surface area contributed by atoms with E-state index in [2.05, 4.69) is 53.4 Å². The monoisotopic (exact) mass is 383 g/mol. The Labute approximate surface area is 168 Å². The summed E-state index contributed by atoms with van der Waals surface area (Å²) in [7, 11) is 0. The molecule has 2 aromatic heterocycles. The van der Waals surface area contributed by atoms with Gasteiger partial charge in [0, 0.05) is 24.5 Å². The molecule has 6 nitrogen and oxygen atoms in total. The molecule has 1 aliphatic rings. The lowest BCUT2D eigenvalue weighted by Crippen LogP contribution is -2.28. The van der Waals surface area contributed by atoms with Gasteiger partial charge in [-0.05, 0) is 40.8 Å². The summed E-state index contributed by atoms with van der Waals surface area (Å²) in [6.07, 6.45) is 4.59. The number of carbonyl (C=O) groups excluding carboxylic acids is 1. The number of anilines is 2. The van der Waals surface area contributed by atoms with Gasteiger partial charge in [-0.2, -0.15) is 0 Å². The Morgan fingerprint density at radius 2 is 1.72 bits per heavy atom. The van der Waals surface area contributed by atoms with Gasteiger partial charge >= 0.3 is 0 Å². The van der Waals surface area contributed by atoms with E-state index in [1.807, 2.05) is 18.2 Å². The Kier molecular flexibility index (Phi) is 3.94. The first kappa shape index (κ1) is 17.6. The van der Waals surface area contributed by atoms with Crippen molar-refractivity contribution in [3.05, 3.63) is 72.2 Å². The van der Waals surface area contributed by atoms with E-state index in [1.54, 1.807) is 23.1 Å². The van der Waals surface area contributed by atoms with Crippen LogP contribution in [0.4, 0.5) is 11.5 Å². The first-order chi connectivity index (χ1) is 14.0. The lowest BCUT2D eigenvalue weighted by molar-refractivity contribution is 0.0911. The van der Waals surface area contributed by atoms with E-state index >= 15 is 0 Å². The molecule has 0 unspecified atom stereocenters. The van der Waals surface area contributed by atoms with Crippen LogP contribution in [0.3, 0.4) is 0 Å². The highest BCUT2D eigenvalue weighted by atomic mass is 16.1. The molecule has 144 valence electrons. The highest BCUT2D eigenvalue weighted by Gasteiger charge is 2.37. The van der Waals surface area contributed by atoms with Crippen molar-refractivity contribution in [2.75, 3.05) is 5.32 Å². The molecule has 0 fully saturated rings. The van der Waals surface area contributed by atoms with Crippen molar-refractivity contribution in [1.29, 1.82) is 0 Å². The van der Waals surface area contributed by atoms with E-state index in [9.17, 15) is 4.79 Å². The topological polar surface area (TPSA) is 72.7 Å². The Morgan fingerprint density at radius 3 is 2.52 bits per heavy atom. The summed E-state index contributed by atoms with van der Waals surface area (Å²) < 4.78 is 1.71. The van der Waals surface area contributed by atoms with E-state index in [-0.39, 0.29) is 11.2 Å². The van der Waals surface area contributed by atoms with Crippen LogP contribution in [-0.4, -0.2) is 25.5 Å². The third-order valence-electron chi connectivity index (χ3n) is 5.30. The fourth-order valence-corrected chi connectivity index (χ4v) is 4.01. The predicted molar refractivity (Wildman–Crippen MR) is 113 cm³/mol. The Bertz CT molecular complexity index is 1230. The van der Waals surface area contributed by atoms with E-state index in [0.717, 1.165) is 23.2 Å². The molecule has 0 spiro atoms. The molecule has 2 aromatic carbocycles. The second-order valence-corrected chi connectivity index (χ2v) is 8.26. The number of aromatic nitrogens is 4. The molecule has 4 aromatic rings. The number of hydrogen-bond acceptors (Lipinski definition) is 5. The summed E-state index contributed by atoms with van der Waals surface area (Å²) in [5.74, 6) is 1.13. The molecule has 0 saturated carbocycles. The van der Waals surface area contributed by atoms with E-state index in [0.29, 0.717) is 23.8 Å². The maximum Gasteiger partial charge on any atom is 0.250 e. The largest absolute Gasteiger partial charge is 0.338 e. The minimum Gasteiger partial charge on any atom is -0.338 e.